The van der Waals surface area contributed by atoms with Gasteiger partial charge in [-0.3, -0.25) is 4.79 Å². The number of carboxylic acids is 1. The first-order valence-electron chi connectivity index (χ1n) is 6.87. The predicted octanol–water partition coefficient (Wildman–Crippen LogP) is 0.882. The third kappa shape index (κ3) is 5.58. The number of carbonyl (C=O) groups excluding carboxylic acids is 1. The van der Waals surface area contributed by atoms with Crippen molar-refractivity contribution >= 4 is 23.8 Å². The highest BCUT2D eigenvalue weighted by Crippen LogP contribution is 2.20. The molecule has 6 nitrogen and oxygen atoms in total. The summed E-state index contributed by atoms with van der Waals surface area (Å²) in [5.74, 6) is 0.752. The molecule has 0 saturated carbocycles. The van der Waals surface area contributed by atoms with Crippen LogP contribution in [-0.2, 0) is 4.79 Å². The lowest BCUT2D eigenvalue weighted by Crippen LogP contribution is -2.51. The van der Waals surface area contributed by atoms with Crippen LogP contribution in [0.15, 0.2) is 0 Å². The minimum atomic E-state index is -0.842. The predicted molar refractivity (Wildman–Crippen MR) is 81.3 cm³/mol. The van der Waals surface area contributed by atoms with Gasteiger partial charge in [0.25, 0.3) is 0 Å². The fraction of sp³-hybridized carbons (Fsp3) is 0.846. The summed E-state index contributed by atoms with van der Waals surface area (Å²) >= 11 is 1.72. The molecule has 0 aromatic heterocycles. The summed E-state index contributed by atoms with van der Waals surface area (Å²) in [6, 6.07) is -0.231. The summed E-state index contributed by atoms with van der Waals surface area (Å²) in [5.41, 5.74) is 0. The quantitative estimate of drug-likeness (QED) is 0.789. The van der Waals surface area contributed by atoms with Crippen molar-refractivity contribution < 1.29 is 14.7 Å². The monoisotopic (exact) mass is 303 g/mol. The van der Waals surface area contributed by atoms with Crippen LogP contribution < -0.4 is 0 Å². The molecule has 1 saturated heterocycles. The fourth-order valence-electron chi connectivity index (χ4n) is 2.22. The number of thioether (sulfide) groups is 1. The lowest BCUT2D eigenvalue weighted by molar-refractivity contribution is -0.138. The molecular weight excluding hydrogens is 278 g/mol. The van der Waals surface area contributed by atoms with E-state index in [4.69, 9.17) is 5.11 Å². The van der Waals surface area contributed by atoms with Crippen LogP contribution in [0.3, 0.4) is 0 Å². The molecule has 1 unspecified atom stereocenters. The third-order valence-corrected chi connectivity index (χ3v) is 4.40. The molecule has 0 radical (unpaired) electrons. The van der Waals surface area contributed by atoms with E-state index in [0.29, 0.717) is 18.8 Å². The van der Waals surface area contributed by atoms with Crippen molar-refractivity contribution in [3.8, 4) is 0 Å². The van der Waals surface area contributed by atoms with Crippen molar-refractivity contribution in [1.82, 2.24) is 14.7 Å². The lowest BCUT2D eigenvalue weighted by atomic mass is 10.2. The van der Waals surface area contributed by atoms with Gasteiger partial charge in [0.05, 0.1) is 12.5 Å². The van der Waals surface area contributed by atoms with Crippen LogP contribution in [0.5, 0.6) is 0 Å². The first-order chi connectivity index (χ1) is 9.41. The highest BCUT2D eigenvalue weighted by atomic mass is 32.2. The summed E-state index contributed by atoms with van der Waals surface area (Å²) in [4.78, 5) is 28.8. The normalized spacial score (nSPS) is 19.2. The number of amides is 2. The standard InChI is InChI=1S/C13H25N3O3S/c1-14(2)5-4-6-15(3)13(19)16-7-8-20-10-11(16)9-12(17)18/h11H,4-10H2,1-3H3,(H,17,18). The van der Waals surface area contributed by atoms with E-state index in [1.54, 1.807) is 28.6 Å². The Balaban J connectivity index is 2.51. The summed E-state index contributed by atoms with van der Waals surface area (Å²) in [6.07, 6.45) is 0.950. The molecule has 0 bridgehead atoms. The van der Waals surface area contributed by atoms with Gasteiger partial charge < -0.3 is 19.8 Å². The molecule has 0 aromatic carbocycles. The van der Waals surface area contributed by atoms with Crippen molar-refractivity contribution in [2.24, 2.45) is 0 Å². The number of urea groups is 1. The zero-order valence-corrected chi connectivity index (χ0v) is 13.4. The SMILES string of the molecule is CN(C)CCCN(C)C(=O)N1CCSCC1CC(=O)O. The second kappa shape index (κ2) is 8.36. The van der Waals surface area contributed by atoms with E-state index in [1.165, 1.54) is 0 Å². The van der Waals surface area contributed by atoms with Gasteiger partial charge in [0.15, 0.2) is 0 Å². The molecule has 1 fully saturated rings. The number of aliphatic carboxylic acids is 1. The number of nitrogens with zero attached hydrogens (tertiary/aromatic N) is 3. The Morgan fingerprint density at radius 1 is 1.30 bits per heavy atom. The summed E-state index contributed by atoms with van der Waals surface area (Å²) in [6.45, 7) is 2.27. The highest BCUT2D eigenvalue weighted by molar-refractivity contribution is 7.99. The van der Waals surface area contributed by atoms with Gasteiger partial charge in [-0.25, -0.2) is 4.79 Å². The van der Waals surface area contributed by atoms with Crippen LogP contribution in [0.25, 0.3) is 0 Å². The van der Waals surface area contributed by atoms with Gasteiger partial charge in [0, 0.05) is 31.6 Å². The Hall–Kier alpha value is -0.950. The van der Waals surface area contributed by atoms with E-state index in [2.05, 4.69) is 4.90 Å². The topological polar surface area (TPSA) is 64.1 Å². The summed E-state index contributed by atoms with van der Waals surface area (Å²) in [5, 5.41) is 8.94. The van der Waals surface area contributed by atoms with Crippen LogP contribution in [0.1, 0.15) is 12.8 Å². The molecule has 1 aliphatic rings. The number of rotatable bonds is 6. The zero-order valence-electron chi connectivity index (χ0n) is 12.5. The summed E-state index contributed by atoms with van der Waals surface area (Å²) in [7, 11) is 5.80. The molecule has 1 aliphatic heterocycles. The second-order valence-electron chi connectivity index (χ2n) is 5.38. The average Bonchev–Trinajstić information content (AvgIpc) is 2.37. The first kappa shape index (κ1) is 17.1. The molecule has 1 N–H and O–H groups in total. The largest absolute Gasteiger partial charge is 0.481 e. The van der Waals surface area contributed by atoms with Crippen LogP contribution in [0, 0.1) is 0 Å². The molecule has 0 aliphatic carbocycles. The van der Waals surface area contributed by atoms with E-state index in [-0.39, 0.29) is 18.5 Å². The third-order valence-electron chi connectivity index (χ3n) is 3.31. The van der Waals surface area contributed by atoms with Crippen molar-refractivity contribution in [2.45, 2.75) is 18.9 Å². The Labute approximate surface area is 125 Å². The van der Waals surface area contributed by atoms with E-state index < -0.39 is 5.97 Å². The molecule has 0 aromatic rings. The maximum atomic E-state index is 12.4. The first-order valence-corrected chi connectivity index (χ1v) is 8.03. The maximum Gasteiger partial charge on any atom is 0.320 e. The molecule has 1 heterocycles. The maximum absolute atomic E-state index is 12.4. The van der Waals surface area contributed by atoms with Gasteiger partial charge in [0.1, 0.15) is 0 Å². The lowest BCUT2D eigenvalue weighted by Gasteiger charge is -2.37. The highest BCUT2D eigenvalue weighted by Gasteiger charge is 2.30. The number of carbonyl (C=O) groups is 2. The zero-order chi connectivity index (χ0) is 15.1. The van der Waals surface area contributed by atoms with Crippen LogP contribution in [0.4, 0.5) is 4.79 Å². The van der Waals surface area contributed by atoms with Crippen molar-refractivity contribution in [3.05, 3.63) is 0 Å². The molecule has 20 heavy (non-hydrogen) atoms. The van der Waals surface area contributed by atoms with Crippen LogP contribution in [0.2, 0.25) is 0 Å². The molecule has 2 amide bonds. The van der Waals surface area contributed by atoms with Gasteiger partial charge in [-0.2, -0.15) is 11.8 Å². The average molecular weight is 303 g/mol. The Bertz CT molecular complexity index is 339. The van der Waals surface area contributed by atoms with E-state index in [1.807, 2.05) is 14.1 Å². The molecule has 7 heteroatoms. The van der Waals surface area contributed by atoms with E-state index in [0.717, 1.165) is 18.7 Å². The number of hydrogen-bond donors (Lipinski definition) is 1. The molecule has 1 rings (SSSR count). The molecular formula is C13H25N3O3S. The number of carboxylic acid groups (broad SMARTS) is 1. The second-order valence-corrected chi connectivity index (χ2v) is 6.53. The Kier molecular flexibility index (Phi) is 7.15. The minimum Gasteiger partial charge on any atom is -0.481 e. The van der Waals surface area contributed by atoms with Crippen LogP contribution >= 0.6 is 11.8 Å². The van der Waals surface area contributed by atoms with Crippen molar-refractivity contribution in [3.63, 3.8) is 0 Å². The van der Waals surface area contributed by atoms with E-state index in [9.17, 15) is 9.59 Å². The van der Waals surface area contributed by atoms with Gasteiger partial charge >= 0.3 is 12.0 Å². The van der Waals surface area contributed by atoms with Gasteiger partial charge in [-0.05, 0) is 27.1 Å². The fourth-order valence-corrected chi connectivity index (χ4v) is 3.28. The van der Waals surface area contributed by atoms with Gasteiger partial charge in [0.2, 0.25) is 0 Å². The minimum absolute atomic E-state index is 0.0320. The summed E-state index contributed by atoms with van der Waals surface area (Å²) < 4.78 is 0. The van der Waals surface area contributed by atoms with Crippen molar-refractivity contribution in [1.29, 1.82) is 0 Å². The molecule has 1 atom stereocenters. The van der Waals surface area contributed by atoms with Gasteiger partial charge in [-0.15, -0.1) is 0 Å². The van der Waals surface area contributed by atoms with Crippen LogP contribution in [-0.4, -0.2) is 90.1 Å². The van der Waals surface area contributed by atoms with Crippen molar-refractivity contribution in [2.75, 3.05) is 52.3 Å². The number of hydrogen-bond acceptors (Lipinski definition) is 4. The molecule has 116 valence electrons. The van der Waals surface area contributed by atoms with Gasteiger partial charge in [-0.1, -0.05) is 0 Å². The smallest absolute Gasteiger partial charge is 0.320 e. The van der Waals surface area contributed by atoms with E-state index >= 15 is 0 Å². The molecule has 0 spiro atoms. The Morgan fingerprint density at radius 2 is 2.00 bits per heavy atom. The Morgan fingerprint density at radius 3 is 2.60 bits per heavy atom.